The van der Waals surface area contributed by atoms with Crippen LogP contribution in [0.2, 0.25) is 0 Å². The first-order valence-corrected chi connectivity index (χ1v) is 7.02. The molecule has 0 aliphatic rings. The van der Waals surface area contributed by atoms with Gasteiger partial charge in [-0.3, -0.25) is 0 Å². The van der Waals surface area contributed by atoms with E-state index in [9.17, 15) is 0 Å². The lowest BCUT2D eigenvalue weighted by Gasteiger charge is -2.07. The van der Waals surface area contributed by atoms with Gasteiger partial charge in [-0.2, -0.15) is 11.3 Å². The molecule has 92 valence electrons. The molecular formula is C15H15NOS. The molecule has 0 amide bonds. The molecule has 1 aromatic carbocycles. The molecule has 1 unspecified atom stereocenters. The number of para-hydroxylation sites is 1. The van der Waals surface area contributed by atoms with Gasteiger partial charge in [0.2, 0.25) is 0 Å². The van der Waals surface area contributed by atoms with E-state index in [2.05, 4.69) is 16.8 Å². The Morgan fingerprint density at radius 3 is 2.89 bits per heavy atom. The molecule has 0 aliphatic carbocycles. The molecule has 3 rings (SSSR count). The van der Waals surface area contributed by atoms with Crippen LogP contribution in [-0.2, 0) is 6.42 Å². The van der Waals surface area contributed by atoms with Crippen LogP contribution in [0.5, 0.6) is 0 Å². The maximum absolute atomic E-state index is 6.19. The van der Waals surface area contributed by atoms with Gasteiger partial charge in [0.25, 0.3) is 0 Å². The first-order chi connectivity index (χ1) is 8.83. The molecule has 2 N–H and O–H groups in total. The molecule has 0 spiro atoms. The van der Waals surface area contributed by atoms with E-state index in [0.717, 1.165) is 29.6 Å². The number of fused-ring (bicyclic) bond motifs is 1. The molecule has 18 heavy (non-hydrogen) atoms. The molecule has 1 atom stereocenters. The lowest BCUT2D eigenvalue weighted by atomic mass is 10.1. The summed E-state index contributed by atoms with van der Waals surface area (Å²) in [5, 5.41) is 5.39. The van der Waals surface area contributed by atoms with Crippen LogP contribution >= 0.6 is 11.3 Å². The molecule has 0 radical (unpaired) electrons. The largest absolute Gasteiger partial charge is 0.459 e. The van der Waals surface area contributed by atoms with E-state index in [0.29, 0.717) is 0 Å². The highest BCUT2D eigenvalue weighted by Gasteiger charge is 2.11. The molecule has 2 aromatic heterocycles. The maximum atomic E-state index is 6.19. The summed E-state index contributed by atoms with van der Waals surface area (Å²) < 4.78 is 5.78. The van der Waals surface area contributed by atoms with E-state index < -0.39 is 0 Å². The van der Waals surface area contributed by atoms with Crippen molar-refractivity contribution in [3.63, 3.8) is 0 Å². The van der Waals surface area contributed by atoms with Crippen LogP contribution in [0.25, 0.3) is 11.0 Å². The van der Waals surface area contributed by atoms with Gasteiger partial charge in [-0.25, -0.2) is 0 Å². The minimum absolute atomic E-state index is 0.0303. The molecule has 0 bridgehead atoms. The minimum Gasteiger partial charge on any atom is -0.459 e. The highest BCUT2D eigenvalue weighted by molar-refractivity contribution is 7.07. The van der Waals surface area contributed by atoms with Gasteiger partial charge in [0.15, 0.2) is 0 Å². The summed E-state index contributed by atoms with van der Waals surface area (Å²) in [6.45, 7) is 0. The second-order valence-electron chi connectivity index (χ2n) is 4.46. The van der Waals surface area contributed by atoms with Crippen molar-refractivity contribution in [2.75, 3.05) is 0 Å². The first-order valence-electron chi connectivity index (χ1n) is 6.08. The lowest BCUT2D eigenvalue weighted by Crippen LogP contribution is -2.10. The number of benzene rings is 1. The summed E-state index contributed by atoms with van der Waals surface area (Å²) >= 11 is 1.73. The topological polar surface area (TPSA) is 39.2 Å². The summed E-state index contributed by atoms with van der Waals surface area (Å²) in [4.78, 5) is 0. The Balaban J connectivity index is 1.73. The van der Waals surface area contributed by atoms with Gasteiger partial charge < -0.3 is 10.2 Å². The van der Waals surface area contributed by atoms with Crippen LogP contribution in [0.1, 0.15) is 23.8 Å². The Morgan fingerprint density at radius 2 is 2.11 bits per heavy atom. The standard InChI is InChI=1S/C15H15NOS/c16-13(6-5-11-7-8-18-10-11)15-9-12-3-1-2-4-14(12)17-15/h1-4,7-10,13H,5-6,16H2. The summed E-state index contributed by atoms with van der Waals surface area (Å²) in [7, 11) is 0. The van der Waals surface area contributed by atoms with Crippen LogP contribution in [0, 0.1) is 0 Å². The number of aryl methyl sites for hydroxylation is 1. The van der Waals surface area contributed by atoms with Crippen molar-refractivity contribution in [1.29, 1.82) is 0 Å². The van der Waals surface area contributed by atoms with Crippen molar-refractivity contribution in [1.82, 2.24) is 0 Å². The summed E-state index contributed by atoms with van der Waals surface area (Å²) in [6, 6.07) is 12.2. The Hall–Kier alpha value is -1.58. The van der Waals surface area contributed by atoms with E-state index >= 15 is 0 Å². The third-order valence-corrected chi connectivity index (χ3v) is 3.87. The Morgan fingerprint density at radius 1 is 1.22 bits per heavy atom. The van der Waals surface area contributed by atoms with Gasteiger partial charge in [0, 0.05) is 5.39 Å². The van der Waals surface area contributed by atoms with Crippen LogP contribution < -0.4 is 5.73 Å². The third-order valence-electron chi connectivity index (χ3n) is 3.13. The van der Waals surface area contributed by atoms with Gasteiger partial charge in [-0.05, 0) is 47.4 Å². The summed E-state index contributed by atoms with van der Waals surface area (Å²) in [6.07, 6.45) is 1.91. The van der Waals surface area contributed by atoms with Crippen molar-refractivity contribution in [2.24, 2.45) is 5.73 Å². The molecule has 0 fully saturated rings. The van der Waals surface area contributed by atoms with Crippen molar-refractivity contribution in [2.45, 2.75) is 18.9 Å². The number of nitrogens with two attached hydrogens (primary N) is 1. The van der Waals surface area contributed by atoms with Crippen molar-refractivity contribution in [3.05, 3.63) is 58.5 Å². The number of hydrogen-bond donors (Lipinski definition) is 1. The van der Waals surface area contributed by atoms with Gasteiger partial charge in [0.1, 0.15) is 11.3 Å². The SMILES string of the molecule is NC(CCc1ccsc1)c1cc2ccccc2o1. The van der Waals surface area contributed by atoms with Gasteiger partial charge >= 0.3 is 0 Å². The number of furan rings is 1. The molecule has 0 saturated carbocycles. The number of hydrogen-bond acceptors (Lipinski definition) is 3. The zero-order valence-corrected chi connectivity index (χ0v) is 10.8. The molecule has 2 nitrogen and oxygen atoms in total. The molecule has 0 saturated heterocycles. The molecular weight excluding hydrogens is 242 g/mol. The second kappa shape index (κ2) is 4.96. The van der Waals surface area contributed by atoms with Crippen LogP contribution in [0.15, 0.2) is 51.6 Å². The van der Waals surface area contributed by atoms with Crippen LogP contribution in [-0.4, -0.2) is 0 Å². The molecule has 0 aliphatic heterocycles. The molecule has 3 aromatic rings. The van der Waals surface area contributed by atoms with E-state index in [1.807, 2.05) is 30.3 Å². The highest BCUT2D eigenvalue weighted by Crippen LogP contribution is 2.25. The van der Waals surface area contributed by atoms with Crippen LogP contribution in [0.3, 0.4) is 0 Å². The predicted octanol–water partition coefficient (Wildman–Crippen LogP) is 4.13. The predicted molar refractivity (Wildman–Crippen MR) is 75.8 cm³/mol. The Kier molecular flexibility index (Phi) is 3.17. The van der Waals surface area contributed by atoms with Gasteiger partial charge in [-0.15, -0.1) is 0 Å². The lowest BCUT2D eigenvalue weighted by molar-refractivity contribution is 0.478. The fourth-order valence-corrected chi connectivity index (χ4v) is 2.79. The smallest absolute Gasteiger partial charge is 0.134 e. The minimum atomic E-state index is -0.0303. The first kappa shape index (κ1) is 11.5. The zero-order valence-electron chi connectivity index (χ0n) is 10.0. The van der Waals surface area contributed by atoms with E-state index in [1.165, 1.54) is 5.56 Å². The monoisotopic (exact) mass is 257 g/mol. The number of rotatable bonds is 4. The van der Waals surface area contributed by atoms with Gasteiger partial charge in [-0.1, -0.05) is 18.2 Å². The Bertz CT molecular complexity index is 594. The normalized spacial score (nSPS) is 12.9. The maximum Gasteiger partial charge on any atom is 0.134 e. The fourth-order valence-electron chi connectivity index (χ4n) is 2.08. The van der Waals surface area contributed by atoms with Gasteiger partial charge in [0.05, 0.1) is 6.04 Å². The van der Waals surface area contributed by atoms with E-state index in [1.54, 1.807) is 11.3 Å². The summed E-state index contributed by atoms with van der Waals surface area (Å²) in [5.41, 5.74) is 8.45. The third kappa shape index (κ3) is 2.33. The van der Waals surface area contributed by atoms with Crippen molar-refractivity contribution in [3.8, 4) is 0 Å². The van der Waals surface area contributed by atoms with Crippen LogP contribution in [0.4, 0.5) is 0 Å². The average molecular weight is 257 g/mol. The Labute approximate surface area is 110 Å². The summed E-state index contributed by atoms with van der Waals surface area (Å²) in [5.74, 6) is 0.881. The fraction of sp³-hybridized carbons (Fsp3) is 0.200. The van der Waals surface area contributed by atoms with Crippen molar-refractivity contribution >= 4 is 22.3 Å². The zero-order chi connectivity index (χ0) is 12.4. The second-order valence-corrected chi connectivity index (χ2v) is 5.24. The molecule has 2 heterocycles. The van der Waals surface area contributed by atoms with Crippen molar-refractivity contribution < 1.29 is 4.42 Å². The van der Waals surface area contributed by atoms with E-state index in [-0.39, 0.29) is 6.04 Å². The highest BCUT2D eigenvalue weighted by atomic mass is 32.1. The average Bonchev–Trinajstić information content (AvgIpc) is 3.04. The number of thiophene rings is 1. The van der Waals surface area contributed by atoms with E-state index in [4.69, 9.17) is 10.2 Å². The quantitative estimate of drug-likeness (QED) is 0.763. The molecule has 3 heteroatoms.